The van der Waals surface area contributed by atoms with Gasteiger partial charge in [0.15, 0.2) is 0 Å². The van der Waals surface area contributed by atoms with Crippen LogP contribution in [-0.2, 0) is 4.79 Å². The third-order valence-electron chi connectivity index (χ3n) is 4.09. The number of nitrogens with zero attached hydrogens (tertiary/aromatic N) is 1. The molecule has 0 aliphatic rings. The molecular weight excluding hydrogens is 408 g/mol. The molecule has 0 spiro atoms. The van der Waals surface area contributed by atoms with Gasteiger partial charge in [0.05, 0.1) is 22.3 Å². The summed E-state index contributed by atoms with van der Waals surface area (Å²) in [5.74, 6) is 0.0807. The van der Waals surface area contributed by atoms with Crippen molar-refractivity contribution in [1.29, 1.82) is 0 Å². The predicted molar refractivity (Wildman–Crippen MR) is 116 cm³/mol. The van der Waals surface area contributed by atoms with Crippen molar-refractivity contribution >= 4 is 46.5 Å². The second kappa shape index (κ2) is 9.05. The highest BCUT2D eigenvalue weighted by Crippen LogP contribution is 2.25. The first-order chi connectivity index (χ1) is 14.4. The lowest BCUT2D eigenvalue weighted by Gasteiger charge is -2.07. The Morgan fingerprint density at radius 2 is 2.00 bits per heavy atom. The quantitative estimate of drug-likeness (QED) is 0.406. The van der Waals surface area contributed by atoms with Gasteiger partial charge in [-0.25, -0.2) is 0 Å². The van der Waals surface area contributed by atoms with Gasteiger partial charge in [-0.05, 0) is 29.8 Å². The Labute approximate surface area is 174 Å². The summed E-state index contributed by atoms with van der Waals surface area (Å²) in [6, 6.07) is 11.6. The van der Waals surface area contributed by atoms with Crippen LogP contribution < -0.4 is 30.1 Å². The third kappa shape index (κ3) is 4.73. The Morgan fingerprint density at radius 1 is 1.23 bits per heavy atom. The largest absolute Gasteiger partial charge is 0.495 e. The number of amides is 1. The lowest BCUT2D eigenvalue weighted by Crippen LogP contribution is -2.20. The van der Waals surface area contributed by atoms with Crippen LogP contribution in [-0.4, -0.2) is 30.0 Å². The maximum absolute atomic E-state index is 12.3. The van der Waals surface area contributed by atoms with Crippen LogP contribution in [0.1, 0.15) is 5.56 Å². The first-order valence-electron chi connectivity index (χ1n) is 8.74. The van der Waals surface area contributed by atoms with Crippen LogP contribution in [0.3, 0.4) is 0 Å². The van der Waals surface area contributed by atoms with Crippen LogP contribution in [0.5, 0.6) is 5.75 Å². The monoisotopic (exact) mass is 426 g/mol. The predicted octanol–water partition coefficient (Wildman–Crippen LogP) is 1.64. The minimum Gasteiger partial charge on any atom is -0.495 e. The van der Waals surface area contributed by atoms with Crippen LogP contribution in [0, 0.1) is 10.1 Å². The number of benzene rings is 2. The summed E-state index contributed by atoms with van der Waals surface area (Å²) in [7, 11) is 3.09. The number of H-pyrrole nitrogens is 1. The number of thiazole rings is 1. The average molecular weight is 426 g/mol. The molecule has 0 atom stereocenters. The number of carbonyl (C=O) groups excluding carboxylic acids is 1. The highest BCUT2D eigenvalue weighted by Gasteiger charge is 2.12. The van der Waals surface area contributed by atoms with Crippen molar-refractivity contribution in [2.24, 2.45) is 0 Å². The van der Waals surface area contributed by atoms with E-state index in [4.69, 9.17) is 4.74 Å². The Balaban J connectivity index is 1.91. The molecule has 9 nitrogen and oxygen atoms in total. The van der Waals surface area contributed by atoms with Gasteiger partial charge >= 0.3 is 0 Å². The molecule has 0 aliphatic carbocycles. The smallest absolute Gasteiger partial charge is 0.292 e. The van der Waals surface area contributed by atoms with Gasteiger partial charge in [0.1, 0.15) is 16.1 Å². The summed E-state index contributed by atoms with van der Waals surface area (Å²) >= 11 is 1.07. The molecule has 3 aromatic rings. The summed E-state index contributed by atoms with van der Waals surface area (Å²) in [5, 5.41) is 16.6. The van der Waals surface area contributed by atoms with E-state index in [1.54, 1.807) is 43.4 Å². The van der Waals surface area contributed by atoms with Crippen molar-refractivity contribution in [1.82, 2.24) is 4.98 Å². The van der Waals surface area contributed by atoms with Crippen LogP contribution >= 0.6 is 11.3 Å². The van der Waals surface area contributed by atoms with Gasteiger partial charge in [-0.2, -0.15) is 0 Å². The van der Waals surface area contributed by atoms with Gasteiger partial charge in [0, 0.05) is 19.2 Å². The maximum atomic E-state index is 12.3. The lowest BCUT2D eigenvalue weighted by molar-refractivity contribution is -0.384. The van der Waals surface area contributed by atoms with Gasteiger partial charge in [-0.15, -0.1) is 11.3 Å². The SMILES string of the molecule is CNc1ccc(/C=c2/s/c(=C\C(=O)Nc3ccccc3OC)[nH]c2=O)cc1[N+](=O)[O-]. The second-order valence-electron chi connectivity index (χ2n) is 6.05. The molecule has 0 fully saturated rings. The van der Waals surface area contributed by atoms with Crippen molar-refractivity contribution in [2.75, 3.05) is 24.8 Å². The average Bonchev–Trinajstić information content (AvgIpc) is 3.06. The summed E-state index contributed by atoms with van der Waals surface area (Å²) in [4.78, 5) is 37.8. The van der Waals surface area contributed by atoms with E-state index < -0.39 is 16.4 Å². The summed E-state index contributed by atoms with van der Waals surface area (Å²) in [6.07, 6.45) is 2.80. The number of hydrogen-bond acceptors (Lipinski definition) is 7. The number of nitrogens with one attached hydrogen (secondary N) is 3. The molecule has 0 saturated heterocycles. The maximum Gasteiger partial charge on any atom is 0.292 e. The molecule has 30 heavy (non-hydrogen) atoms. The molecule has 1 heterocycles. The zero-order valence-electron chi connectivity index (χ0n) is 16.1. The first kappa shape index (κ1) is 20.8. The normalized spacial score (nSPS) is 11.9. The Bertz CT molecular complexity index is 1280. The van der Waals surface area contributed by atoms with E-state index in [-0.39, 0.29) is 5.69 Å². The van der Waals surface area contributed by atoms with Crippen molar-refractivity contribution in [2.45, 2.75) is 0 Å². The molecular formula is C20H18N4O5S. The van der Waals surface area contributed by atoms with Gasteiger partial charge in [-0.1, -0.05) is 18.2 Å². The molecule has 2 aromatic carbocycles. The van der Waals surface area contributed by atoms with Gasteiger partial charge in [-0.3, -0.25) is 19.7 Å². The Morgan fingerprint density at radius 3 is 2.70 bits per heavy atom. The fraction of sp³-hybridized carbons (Fsp3) is 0.100. The van der Waals surface area contributed by atoms with E-state index in [1.807, 2.05) is 0 Å². The lowest BCUT2D eigenvalue weighted by atomic mass is 10.1. The minimum absolute atomic E-state index is 0.0952. The third-order valence-corrected chi connectivity index (χ3v) is 5.06. The van der Waals surface area contributed by atoms with Crippen LogP contribution in [0.4, 0.5) is 17.1 Å². The van der Waals surface area contributed by atoms with Crippen LogP contribution in [0.15, 0.2) is 47.3 Å². The van der Waals surface area contributed by atoms with Crippen LogP contribution in [0.2, 0.25) is 0 Å². The topological polar surface area (TPSA) is 126 Å². The molecule has 0 aliphatic heterocycles. The van der Waals surface area contributed by atoms with Crippen molar-refractivity contribution in [3.8, 4) is 5.75 Å². The number of carbonyl (C=O) groups is 1. The number of ether oxygens (including phenoxy) is 1. The molecule has 1 aromatic heterocycles. The zero-order valence-corrected chi connectivity index (χ0v) is 16.9. The standard InChI is InChI=1S/C20H18N4O5S/c1-21-13-8-7-12(9-15(13)24(27)28)10-17-20(26)23-19(30-17)11-18(25)22-14-5-3-4-6-16(14)29-2/h3-11,21H,1-2H3,(H,22,25)(H,23,26)/b17-10+,19-11-. The second-order valence-corrected chi connectivity index (χ2v) is 7.13. The molecule has 0 saturated carbocycles. The number of aromatic nitrogens is 1. The van der Waals surface area contributed by atoms with Gasteiger partial charge < -0.3 is 20.4 Å². The molecule has 154 valence electrons. The molecule has 3 N–H and O–H groups in total. The van der Waals surface area contributed by atoms with Crippen LogP contribution in [0.25, 0.3) is 12.2 Å². The number of hydrogen-bond donors (Lipinski definition) is 3. The molecule has 0 unspecified atom stereocenters. The summed E-state index contributed by atoms with van der Waals surface area (Å²) in [5.41, 5.74) is 0.889. The number of para-hydroxylation sites is 2. The number of methoxy groups -OCH3 is 1. The summed E-state index contributed by atoms with van der Waals surface area (Å²) < 4.78 is 5.85. The number of anilines is 2. The molecule has 0 radical (unpaired) electrons. The van der Waals surface area contributed by atoms with Crippen molar-refractivity contribution < 1.29 is 14.5 Å². The number of nitro benzene ring substituents is 1. The van der Waals surface area contributed by atoms with E-state index >= 15 is 0 Å². The van der Waals surface area contributed by atoms with Crippen molar-refractivity contribution in [3.05, 3.63) is 77.7 Å². The molecule has 1 amide bonds. The number of aromatic amines is 1. The molecule has 3 rings (SSSR count). The fourth-order valence-corrected chi connectivity index (χ4v) is 3.60. The van der Waals surface area contributed by atoms with E-state index in [0.29, 0.717) is 31.9 Å². The molecule has 0 bridgehead atoms. The minimum atomic E-state index is -0.497. The summed E-state index contributed by atoms with van der Waals surface area (Å²) in [6.45, 7) is 0. The van der Waals surface area contributed by atoms with Gasteiger partial charge in [0.2, 0.25) is 0 Å². The zero-order chi connectivity index (χ0) is 21.7. The highest BCUT2D eigenvalue weighted by atomic mass is 32.1. The fourth-order valence-electron chi connectivity index (χ4n) is 2.71. The van der Waals surface area contributed by atoms with E-state index in [2.05, 4.69) is 15.6 Å². The van der Waals surface area contributed by atoms with E-state index in [1.165, 1.54) is 25.3 Å². The number of nitro groups is 1. The Kier molecular flexibility index (Phi) is 6.28. The molecule has 10 heteroatoms. The Hall–Kier alpha value is -3.92. The number of rotatable bonds is 6. The van der Waals surface area contributed by atoms with Crippen molar-refractivity contribution in [3.63, 3.8) is 0 Å². The van der Waals surface area contributed by atoms with Gasteiger partial charge in [0.25, 0.3) is 17.2 Å². The highest BCUT2D eigenvalue weighted by molar-refractivity contribution is 7.07. The van der Waals surface area contributed by atoms with E-state index in [9.17, 15) is 19.7 Å². The van der Waals surface area contributed by atoms with E-state index in [0.717, 1.165) is 11.3 Å². The first-order valence-corrected chi connectivity index (χ1v) is 9.55.